The van der Waals surface area contributed by atoms with Gasteiger partial charge in [0.25, 0.3) is 5.91 Å². The minimum atomic E-state index is -0.237. The summed E-state index contributed by atoms with van der Waals surface area (Å²) in [7, 11) is 0. The van der Waals surface area contributed by atoms with Gasteiger partial charge in [-0.05, 0) is 62.7 Å². The fourth-order valence-corrected chi connectivity index (χ4v) is 2.18. The first-order valence-electron chi connectivity index (χ1n) is 7.81. The number of amides is 2. The average molecular weight is 326 g/mol. The summed E-state index contributed by atoms with van der Waals surface area (Å²) in [5.41, 5.74) is 2.69. The summed E-state index contributed by atoms with van der Waals surface area (Å²) in [6, 6.07) is 12.4. The third-order valence-corrected chi connectivity index (χ3v) is 3.29. The Morgan fingerprint density at radius 1 is 1.00 bits per heavy atom. The van der Waals surface area contributed by atoms with Crippen molar-refractivity contribution in [2.24, 2.45) is 0 Å². The molecule has 0 heterocycles. The zero-order valence-corrected chi connectivity index (χ0v) is 14.3. The van der Waals surface area contributed by atoms with E-state index in [9.17, 15) is 9.59 Å². The van der Waals surface area contributed by atoms with Gasteiger partial charge in [-0.3, -0.25) is 9.59 Å². The number of carbonyl (C=O) groups excluding carboxylic acids is 2. The Balaban J connectivity index is 2.10. The molecule has 5 nitrogen and oxygen atoms in total. The summed E-state index contributed by atoms with van der Waals surface area (Å²) in [6.45, 7) is 7.23. The third-order valence-electron chi connectivity index (χ3n) is 3.29. The lowest BCUT2D eigenvalue weighted by Crippen LogP contribution is -2.14. The van der Waals surface area contributed by atoms with Crippen molar-refractivity contribution in [1.29, 1.82) is 0 Å². The second-order valence-electron chi connectivity index (χ2n) is 5.86. The number of benzene rings is 2. The topological polar surface area (TPSA) is 67.4 Å². The van der Waals surface area contributed by atoms with Gasteiger partial charge in [0.05, 0.1) is 6.10 Å². The van der Waals surface area contributed by atoms with Gasteiger partial charge in [0.1, 0.15) is 5.75 Å². The maximum absolute atomic E-state index is 12.4. The molecule has 0 bridgehead atoms. The first-order chi connectivity index (χ1) is 11.3. The van der Waals surface area contributed by atoms with E-state index in [0.29, 0.717) is 16.9 Å². The SMILES string of the molecule is CC(=O)Nc1cc(C(=O)Nc2ccc(OC(C)C)cc2)ccc1C. The van der Waals surface area contributed by atoms with Gasteiger partial charge in [0, 0.05) is 23.9 Å². The number of aryl methyl sites for hydroxylation is 1. The van der Waals surface area contributed by atoms with Crippen molar-refractivity contribution >= 4 is 23.2 Å². The molecule has 2 N–H and O–H groups in total. The van der Waals surface area contributed by atoms with Crippen LogP contribution in [0.3, 0.4) is 0 Å². The maximum Gasteiger partial charge on any atom is 0.255 e. The van der Waals surface area contributed by atoms with Crippen LogP contribution in [0.5, 0.6) is 5.75 Å². The Morgan fingerprint density at radius 3 is 2.25 bits per heavy atom. The Labute approximate surface area is 142 Å². The molecule has 126 valence electrons. The average Bonchev–Trinajstić information content (AvgIpc) is 2.50. The Hall–Kier alpha value is -2.82. The molecule has 2 amide bonds. The molecule has 0 aliphatic carbocycles. The highest BCUT2D eigenvalue weighted by atomic mass is 16.5. The Bertz CT molecular complexity index is 737. The molecule has 0 saturated carbocycles. The Morgan fingerprint density at radius 2 is 1.67 bits per heavy atom. The highest BCUT2D eigenvalue weighted by molar-refractivity contribution is 6.05. The lowest BCUT2D eigenvalue weighted by atomic mass is 10.1. The number of hydrogen-bond donors (Lipinski definition) is 2. The molecule has 2 rings (SSSR count). The molecule has 2 aromatic rings. The van der Waals surface area contributed by atoms with Gasteiger partial charge in [-0.1, -0.05) is 6.07 Å². The number of rotatable bonds is 5. The van der Waals surface area contributed by atoms with Crippen molar-refractivity contribution in [3.8, 4) is 5.75 Å². The molecular formula is C19H22N2O3. The number of hydrogen-bond acceptors (Lipinski definition) is 3. The van der Waals surface area contributed by atoms with E-state index in [0.717, 1.165) is 11.3 Å². The van der Waals surface area contributed by atoms with Crippen LogP contribution in [-0.2, 0) is 4.79 Å². The summed E-state index contributed by atoms with van der Waals surface area (Å²) in [6.07, 6.45) is 0.102. The fourth-order valence-electron chi connectivity index (χ4n) is 2.18. The van der Waals surface area contributed by atoms with E-state index in [1.165, 1.54) is 6.92 Å². The predicted molar refractivity (Wildman–Crippen MR) is 95.6 cm³/mol. The highest BCUT2D eigenvalue weighted by Gasteiger charge is 2.09. The number of anilines is 2. The van der Waals surface area contributed by atoms with Crippen LogP contribution >= 0.6 is 0 Å². The first kappa shape index (κ1) is 17.5. The normalized spacial score (nSPS) is 10.4. The van der Waals surface area contributed by atoms with E-state index in [1.54, 1.807) is 30.3 Å². The maximum atomic E-state index is 12.4. The second-order valence-corrected chi connectivity index (χ2v) is 5.86. The minimum absolute atomic E-state index is 0.102. The van der Waals surface area contributed by atoms with Crippen LogP contribution in [0.25, 0.3) is 0 Å². The fraction of sp³-hybridized carbons (Fsp3) is 0.263. The van der Waals surface area contributed by atoms with Crippen LogP contribution in [0.2, 0.25) is 0 Å². The van der Waals surface area contributed by atoms with Crippen LogP contribution in [0.1, 0.15) is 36.7 Å². The van der Waals surface area contributed by atoms with Gasteiger partial charge in [0.15, 0.2) is 0 Å². The number of ether oxygens (including phenoxy) is 1. The summed E-state index contributed by atoms with van der Waals surface area (Å²) in [4.78, 5) is 23.6. The van der Waals surface area contributed by atoms with Gasteiger partial charge in [-0.15, -0.1) is 0 Å². The largest absolute Gasteiger partial charge is 0.491 e. The van der Waals surface area contributed by atoms with E-state index in [2.05, 4.69) is 10.6 Å². The number of carbonyl (C=O) groups is 2. The molecule has 0 spiro atoms. The van der Waals surface area contributed by atoms with Crippen LogP contribution in [0, 0.1) is 6.92 Å². The van der Waals surface area contributed by atoms with Crippen LogP contribution < -0.4 is 15.4 Å². The van der Waals surface area contributed by atoms with Crippen molar-refractivity contribution in [1.82, 2.24) is 0 Å². The molecule has 5 heteroatoms. The quantitative estimate of drug-likeness (QED) is 0.873. The van der Waals surface area contributed by atoms with Crippen LogP contribution in [0.4, 0.5) is 11.4 Å². The van der Waals surface area contributed by atoms with Gasteiger partial charge in [-0.2, -0.15) is 0 Å². The smallest absolute Gasteiger partial charge is 0.255 e. The molecular weight excluding hydrogens is 304 g/mol. The van der Waals surface area contributed by atoms with Gasteiger partial charge >= 0.3 is 0 Å². The molecule has 0 saturated heterocycles. The van der Waals surface area contributed by atoms with Gasteiger partial charge in [-0.25, -0.2) is 0 Å². The van der Waals surface area contributed by atoms with E-state index in [1.807, 2.05) is 32.9 Å². The molecule has 0 aromatic heterocycles. The van der Waals surface area contributed by atoms with Crippen LogP contribution in [-0.4, -0.2) is 17.9 Å². The van der Waals surface area contributed by atoms with E-state index in [4.69, 9.17) is 4.74 Å². The third kappa shape index (κ3) is 4.84. The minimum Gasteiger partial charge on any atom is -0.491 e. The highest BCUT2D eigenvalue weighted by Crippen LogP contribution is 2.20. The van der Waals surface area contributed by atoms with Crippen molar-refractivity contribution in [3.63, 3.8) is 0 Å². The molecule has 0 radical (unpaired) electrons. The molecule has 0 unspecified atom stereocenters. The first-order valence-corrected chi connectivity index (χ1v) is 7.81. The summed E-state index contributed by atoms with van der Waals surface area (Å²) in [5.74, 6) is 0.349. The summed E-state index contributed by atoms with van der Waals surface area (Å²) in [5, 5.41) is 5.55. The van der Waals surface area contributed by atoms with Crippen molar-refractivity contribution in [2.75, 3.05) is 10.6 Å². The lowest BCUT2D eigenvalue weighted by Gasteiger charge is -2.12. The molecule has 2 aromatic carbocycles. The summed E-state index contributed by atoms with van der Waals surface area (Å²) >= 11 is 0. The molecule has 0 fully saturated rings. The van der Waals surface area contributed by atoms with Gasteiger partial charge in [0.2, 0.25) is 5.91 Å². The van der Waals surface area contributed by atoms with Crippen molar-refractivity contribution < 1.29 is 14.3 Å². The number of nitrogens with one attached hydrogen (secondary N) is 2. The van der Waals surface area contributed by atoms with E-state index in [-0.39, 0.29) is 17.9 Å². The molecule has 0 atom stereocenters. The van der Waals surface area contributed by atoms with Crippen molar-refractivity contribution in [3.05, 3.63) is 53.6 Å². The lowest BCUT2D eigenvalue weighted by molar-refractivity contribution is -0.114. The molecule has 0 aliphatic rings. The predicted octanol–water partition coefficient (Wildman–Crippen LogP) is 3.99. The molecule has 24 heavy (non-hydrogen) atoms. The van der Waals surface area contributed by atoms with Crippen molar-refractivity contribution in [2.45, 2.75) is 33.8 Å². The molecule has 0 aliphatic heterocycles. The summed E-state index contributed by atoms with van der Waals surface area (Å²) < 4.78 is 5.57. The zero-order valence-electron chi connectivity index (χ0n) is 14.3. The van der Waals surface area contributed by atoms with E-state index >= 15 is 0 Å². The Kier molecular flexibility index (Phi) is 5.58. The zero-order chi connectivity index (χ0) is 17.7. The second kappa shape index (κ2) is 7.64. The van der Waals surface area contributed by atoms with Gasteiger partial charge < -0.3 is 15.4 Å². The van der Waals surface area contributed by atoms with Crippen LogP contribution in [0.15, 0.2) is 42.5 Å². The van der Waals surface area contributed by atoms with E-state index < -0.39 is 0 Å². The monoisotopic (exact) mass is 326 g/mol. The standard InChI is InChI=1S/C19H22N2O3/c1-12(2)24-17-9-7-16(8-10-17)21-19(23)15-6-5-13(3)18(11-15)20-14(4)22/h5-12H,1-4H3,(H,20,22)(H,21,23).